The molecule has 0 aromatic rings. The molecule has 4 N–H and O–H groups in total. The molecule has 0 aliphatic heterocycles. The zero-order valence-electron chi connectivity index (χ0n) is 24.6. The van der Waals surface area contributed by atoms with Gasteiger partial charge in [-0.2, -0.15) is 0 Å². The number of unbranched alkanes of at least 4 members (excludes halogenated alkanes) is 18. The van der Waals surface area contributed by atoms with Gasteiger partial charge in [-0.1, -0.05) is 129 Å². The van der Waals surface area contributed by atoms with E-state index in [1.807, 2.05) is 0 Å². The van der Waals surface area contributed by atoms with Gasteiger partial charge in [-0.05, 0) is 38.5 Å². The SMILES string of the molecule is CCCCCCCCCCC/C=C/CCCC(O)C(O)C(CO)NC(=O)CCCCCCCCCCC. The number of hydrogen-bond acceptors (Lipinski definition) is 4. The first kappa shape index (κ1) is 36.1. The first-order valence-corrected chi connectivity index (χ1v) is 16.0. The first-order chi connectivity index (χ1) is 18.1. The molecule has 0 aromatic carbocycles. The Balaban J connectivity index is 3.79. The quantitative estimate of drug-likeness (QED) is 0.0621. The predicted molar refractivity (Wildman–Crippen MR) is 158 cm³/mol. The Kier molecular flexibility index (Phi) is 27.4. The van der Waals surface area contributed by atoms with Crippen LogP contribution in [0.1, 0.15) is 162 Å². The maximum Gasteiger partial charge on any atom is 0.220 e. The second-order valence-corrected chi connectivity index (χ2v) is 11.0. The summed E-state index contributed by atoms with van der Waals surface area (Å²) in [6.45, 7) is 4.11. The summed E-state index contributed by atoms with van der Waals surface area (Å²) in [7, 11) is 0. The number of carbonyl (C=O) groups excluding carboxylic acids is 1. The molecule has 0 fully saturated rings. The molecule has 220 valence electrons. The normalized spacial score (nSPS) is 14.2. The van der Waals surface area contributed by atoms with Gasteiger partial charge >= 0.3 is 0 Å². The van der Waals surface area contributed by atoms with Gasteiger partial charge in [0, 0.05) is 6.42 Å². The highest BCUT2D eigenvalue weighted by atomic mass is 16.3. The monoisotopic (exact) mass is 525 g/mol. The summed E-state index contributed by atoms with van der Waals surface area (Å²) in [5.41, 5.74) is 0. The minimum absolute atomic E-state index is 0.160. The number of rotatable bonds is 28. The van der Waals surface area contributed by atoms with Gasteiger partial charge in [0.2, 0.25) is 5.91 Å². The van der Waals surface area contributed by atoms with Crippen molar-refractivity contribution in [1.29, 1.82) is 0 Å². The van der Waals surface area contributed by atoms with E-state index in [1.54, 1.807) is 0 Å². The summed E-state index contributed by atoms with van der Waals surface area (Å²) in [4.78, 5) is 12.2. The summed E-state index contributed by atoms with van der Waals surface area (Å²) in [5.74, 6) is -0.160. The van der Waals surface area contributed by atoms with Gasteiger partial charge in [0.1, 0.15) is 6.10 Å². The van der Waals surface area contributed by atoms with Crippen molar-refractivity contribution in [2.45, 2.75) is 180 Å². The van der Waals surface area contributed by atoms with Crippen LogP contribution in [0.4, 0.5) is 0 Å². The molecular weight excluding hydrogens is 462 g/mol. The molecule has 5 heteroatoms. The molecule has 0 saturated heterocycles. The summed E-state index contributed by atoms with van der Waals surface area (Å²) in [5, 5.41) is 33.1. The Bertz CT molecular complexity index is 511. The van der Waals surface area contributed by atoms with E-state index in [2.05, 4.69) is 31.3 Å². The van der Waals surface area contributed by atoms with E-state index in [0.717, 1.165) is 38.5 Å². The molecule has 0 saturated carbocycles. The number of aliphatic hydroxyl groups excluding tert-OH is 3. The van der Waals surface area contributed by atoms with E-state index in [1.165, 1.54) is 96.3 Å². The Morgan fingerprint density at radius 2 is 1.08 bits per heavy atom. The van der Waals surface area contributed by atoms with Crippen molar-refractivity contribution in [1.82, 2.24) is 5.32 Å². The lowest BCUT2D eigenvalue weighted by Gasteiger charge is -2.26. The molecule has 3 atom stereocenters. The van der Waals surface area contributed by atoms with E-state index >= 15 is 0 Å². The number of hydrogen-bond donors (Lipinski definition) is 4. The van der Waals surface area contributed by atoms with E-state index < -0.39 is 18.2 Å². The van der Waals surface area contributed by atoms with Crippen LogP contribution in [-0.4, -0.2) is 46.1 Å². The lowest BCUT2D eigenvalue weighted by atomic mass is 10.0. The van der Waals surface area contributed by atoms with Crippen molar-refractivity contribution in [3.8, 4) is 0 Å². The summed E-state index contributed by atoms with van der Waals surface area (Å²) in [6.07, 6.45) is 28.7. The molecule has 0 radical (unpaired) electrons. The number of allylic oxidation sites excluding steroid dienone is 2. The lowest BCUT2D eigenvalue weighted by Crippen LogP contribution is -2.50. The summed E-state index contributed by atoms with van der Waals surface area (Å²) in [6, 6.07) is -0.816. The molecule has 0 rings (SSSR count). The first-order valence-electron chi connectivity index (χ1n) is 16.0. The minimum atomic E-state index is -1.15. The smallest absolute Gasteiger partial charge is 0.220 e. The Labute approximate surface area is 229 Å². The average molecular weight is 526 g/mol. The maximum atomic E-state index is 12.2. The van der Waals surface area contributed by atoms with Gasteiger partial charge < -0.3 is 20.6 Å². The highest BCUT2D eigenvalue weighted by Gasteiger charge is 2.26. The molecule has 0 aromatic heterocycles. The highest BCUT2D eigenvalue weighted by Crippen LogP contribution is 2.13. The van der Waals surface area contributed by atoms with Crippen molar-refractivity contribution in [2.75, 3.05) is 6.61 Å². The van der Waals surface area contributed by atoms with E-state index in [-0.39, 0.29) is 12.5 Å². The molecule has 0 bridgehead atoms. The third kappa shape index (κ3) is 23.9. The topological polar surface area (TPSA) is 89.8 Å². The Hall–Kier alpha value is -0.910. The molecule has 0 spiro atoms. The van der Waals surface area contributed by atoms with Gasteiger partial charge in [0.05, 0.1) is 18.8 Å². The van der Waals surface area contributed by atoms with Crippen LogP contribution in [0.3, 0.4) is 0 Å². The van der Waals surface area contributed by atoms with Crippen LogP contribution >= 0.6 is 0 Å². The van der Waals surface area contributed by atoms with Crippen LogP contribution in [0, 0.1) is 0 Å². The molecule has 0 heterocycles. The van der Waals surface area contributed by atoms with Crippen molar-refractivity contribution in [3.63, 3.8) is 0 Å². The predicted octanol–water partition coefficient (Wildman–Crippen LogP) is 7.75. The lowest BCUT2D eigenvalue weighted by molar-refractivity contribution is -0.124. The third-order valence-electron chi connectivity index (χ3n) is 7.37. The van der Waals surface area contributed by atoms with E-state index in [0.29, 0.717) is 12.8 Å². The zero-order chi connectivity index (χ0) is 27.4. The fraction of sp³-hybridized carbons (Fsp3) is 0.906. The van der Waals surface area contributed by atoms with Crippen LogP contribution in [0.2, 0.25) is 0 Å². The highest BCUT2D eigenvalue weighted by molar-refractivity contribution is 5.76. The van der Waals surface area contributed by atoms with Gasteiger partial charge in [-0.3, -0.25) is 4.79 Å². The standard InChI is InChI=1S/C32H63NO4/c1-3-5-7-9-11-13-14-15-16-17-19-20-22-24-26-30(35)32(37)29(28-34)33-31(36)27-25-23-21-18-12-10-8-6-4-2/h19-20,29-30,32,34-35,37H,3-18,21-28H2,1-2H3,(H,33,36)/b20-19+. The van der Waals surface area contributed by atoms with Crippen molar-refractivity contribution in [3.05, 3.63) is 12.2 Å². The third-order valence-corrected chi connectivity index (χ3v) is 7.37. The minimum Gasteiger partial charge on any atom is -0.394 e. The van der Waals surface area contributed by atoms with E-state index in [4.69, 9.17) is 0 Å². The summed E-state index contributed by atoms with van der Waals surface area (Å²) >= 11 is 0. The number of aliphatic hydroxyl groups is 3. The number of carbonyl (C=O) groups is 1. The Morgan fingerprint density at radius 3 is 1.57 bits per heavy atom. The second kappa shape index (κ2) is 28.1. The Morgan fingerprint density at radius 1 is 0.649 bits per heavy atom. The number of nitrogens with one attached hydrogen (secondary N) is 1. The van der Waals surface area contributed by atoms with Crippen molar-refractivity contribution in [2.24, 2.45) is 0 Å². The van der Waals surface area contributed by atoms with Crippen LogP contribution < -0.4 is 5.32 Å². The molecule has 37 heavy (non-hydrogen) atoms. The van der Waals surface area contributed by atoms with Crippen molar-refractivity contribution < 1.29 is 20.1 Å². The largest absolute Gasteiger partial charge is 0.394 e. The van der Waals surface area contributed by atoms with Crippen LogP contribution in [0.5, 0.6) is 0 Å². The molecule has 0 aliphatic rings. The summed E-state index contributed by atoms with van der Waals surface area (Å²) < 4.78 is 0. The fourth-order valence-electron chi connectivity index (χ4n) is 4.81. The number of amides is 1. The van der Waals surface area contributed by atoms with Crippen molar-refractivity contribution >= 4 is 5.91 Å². The molecule has 5 nitrogen and oxygen atoms in total. The molecular formula is C32H63NO4. The van der Waals surface area contributed by atoms with Gasteiger partial charge in [0.25, 0.3) is 0 Å². The average Bonchev–Trinajstić information content (AvgIpc) is 2.90. The molecule has 3 unspecified atom stereocenters. The van der Waals surface area contributed by atoms with Crippen LogP contribution in [0.25, 0.3) is 0 Å². The molecule has 0 aliphatic carbocycles. The fourth-order valence-corrected chi connectivity index (χ4v) is 4.81. The van der Waals surface area contributed by atoms with Gasteiger partial charge in [-0.15, -0.1) is 0 Å². The second-order valence-electron chi connectivity index (χ2n) is 11.0. The van der Waals surface area contributed by atoms with Crippen LogP contribution in [-0.2, 0) is 4.79 Å². The molecule has 1 amide bonds. The van der Waals surface area contributed by atoms with Gasteiger partial charge in [0.15, 0.2) is 0 Å². The van der Waals surface area contributed by atoms with E-state index in [9.17, 15) is 20.1 Å². The van der Waals surface area contributed by atoms with Crippen LogP contribution in [0.15, 0.2) is 12.2 Å². The maximum absolute atomic E-state index is 12.2. The zero-order valence-corrected chi connectivity index (χ0v) is 24.6. The van der Waals surface area contributed by atoms with Gasteiger partial charge in [-0.25, -0.2) is 0 Å².